The number of benzene rings is 2. The summed E-state index contributed by atoms with van der Waals surface area (Å²) >= 11 is 0. The van der Waals surface area contributed by atoms with Crippen molar-refractivity contribution in [3.8, 4) is 5.75 Å². The summed E-state index contributed by atoms with van der Waals surface area (Å²) in [4.78, 5) is 16.3. The molecule has 0 aliphatic rings. The molecule has 0 aliphatic heterocycles. The number of sulfonamides is 1. The number of aromatic nitrogens is 1. The van der Waals surface area contributed by atoms with Gasteiger partial charge in [0.25, 0.3) is 10.0 Å². The first-order valence-corrected chi connectivity index (χ1v) is 9.76. The summed E-state index contributed by atoms with van der Waals surface area (Å²) in [5.74, 6) is -1.06. The van der Waals surface area contributed by atoms with E-state index in [-0.39, 0.29) is 27.2 Å². The Bertz CT molecular complexity index is 1170. The van der Waals surface area contributed by atoms with Gasteiger partial charge in [-0.25, -0.2) is 8.42 Å². The maximum absolute atomic E-state index is 12.8. The third-order valence-corrected chi connectivity index (χ3v) is 5.22. The Hall–Kier alpha value is -3.34. The first-order valence-electron chi connectivity index (χ1n) is 8.28. The van der Waals surface area contributed by atoms with Crippen molar-refractivity contribution in [1.82, 2.24) is 4.98 Å². The number of carbonyl (C=O) groups excluding carboxylic acids is 1. The lowest BCUT2D eigenvalue weighted by molar-refractivity contribution is -0.274. The molecule has 0 amide bonds. The minimum absolute atomic E-state index is 0.00167. The van der Waals surface area contributed by atoms with Crippen LogP contribution >= 0.6 is 0 Å². The summed E-state index contributed by atoms with van der Waals surface area (Å²) in [5.41, 5.74) is 0.470. The molecule has 1 N–H and O–H groups in total. The molecule has 2 radical (unpaired) electrons. The van der Waals surface area contributed by atoms with Gasteiger partial charge in [0, 0.05) is 23.5 Å². The number of ketones is 1. The van der Waals surface area contributed by atoms with Gasteiger partial charge in [-0.05, 0) is 42.5 Å². The molecule has 11 heteroatoms. The van der Waals surface area contributed by atoms with E-state index in [0.717, 1.165) is 24.3 Å². The van der Waals surface area contributed by atoms with E-state index in [0.29, 0.717) is 0 Å². The number of hydrogen-bond donors (Lipinski definition) is 1. The molecule has 0 fully saturated rings. The highest BCUT2D eigenvalue weighted by Gasteiger charge is 2.31. The molecular formula is C19H12BF3N2O4S. The minimum Gasteiger partial charge on any atom is -0.406 e. The SMILES string of the molecule is [B]c1ccc(NS(=O)(=O)c2ccc(OC(F)(F)F)cc2)c(C(=O)c2ccncc2)c1. The van der Waals surface area contributed by atoms with Crippen LogP contribution in [0, 0.1) is 0 Å². The predicted octanol–water partition coefficient (Wildman–Crippen LogP) is 2.81. The fourth-order valence-electron chi connectivity index (χ4n) is 2.52. The van der Waals surface area contributed by atoms with E-state index in [4.69, 9.17) is 7.85 Å². The molecule has 0 bridgehead atoms. The molecule has 0 aliphatic carbocycles. The van der Waals surface area contributed by atoms with Gasteiger partial charge in [0.2, 0.25) is 0 Å². The predicted molar refractivity (Wildman–Crippen MR) is 103 cm³/mol. The number of ether oxygens (including phenoxy) is 1. The van der Waals surface area contributed by atoms with Crippen LogP contribution in [-0.2, 0) is 10.0 Å². The van der Waals surface area contributed by atoms with Crippen LogP contribution in [0.3, 0.4) is 0 Å². The Labute approximate surface area is 171 Å². The van der Waals surface area contributed by atoms with E-state index in [1.54, 1.807) is 0 Å². The number of alkyl halides is 3. The lowest BCUT2D eigenvalue weighted by Crippen LogP contribution is -2.19. The van der Waals surface area contributed by atoms with Crippen molar-refractivity contribution in [3.05, 3.63) is 78.1 Å². The van der Waals surface area contributed by atoms with Crippen LogP contribution in [0.25, 0.3) is 0 Å². The zero-order valence-corrected chi connectivity index (χ0v) is 15.9. The number of nitrogens with zero attached hydrogens (tertiary/aromatic N) is 1. The summed E-state index contributed by atoms with van der Waals surface area (Å²) in [6.07, 6.45) is -2.08. The maximum atomic E-state index is 12.8. The van der Waals surface area contributed by atoms with Gasteiger partial charge in [-0.15, -0.1) is 13.2 Å². The zero-order chi connectivity index (χ0) is 21.9. The van der Waals surface area contributed by atoms with Crippen LogP contribution in [0.1, 0.15) is 15.9 Å². The van der Waals surface area contributed by atoms with E-state index in [9.17, 15) is 26.4 Å². The quantitative estimate of drug-likeness (QED) is 0.479. The molecular weight excluding hydrogens is 420 g/mol. The number of rotatable bonds is 6. The fraction of sp³-hybridized carbons (Fsp3) is 0.0526. The van der Waals surface area contributed by atoms with Crippen molar-refractivity contribution in [2.45, 2.75) is 11.3 Å². The van der Waals surface area contributed by atoms with Crippen molar-refractivity contribution in [3.63, 3.8) is 0 Å². The van der Waals surface area contributed by atoms with Crippen molar-refractivity contribution < 1.29 is 31.1 Å². The van der Waals surface area contributed by atoms with Gasteiger partial charge >= 0.3 is 6.36 Å². The monoisotopic (exact) mass is 432 g/mol. The molecule has 1 heterocycles. The average Bonchev–Trinajstić information content (AvgIpc) is 2.68. The highest BCUT2D eigenvalue weighted by atomic mass is 32.2. The first kappa shape index (κ1) is 21.4. The lowest BCUT2D eigenvalue weighted by atomic mass is 9.91. The smallest absolute Gasteiger partial charge is 0.406 e. The Morgan fingerprint density at radius 3 is 2.23 bits per heavy atom. The standard InChI is InChI=1S/C19H12BF3N2O4S/c20-13-1-6-17(16(11-13)18(26)12-7-9-24-10-8-12)25-30(27,28)15-4-2-14(3-5-15)29-19(21,22)23/h1-11,25H. The fourth-order valence-corrected chi connectivity index (χ4v) is 3.60. The first-order chi connectivity index (χ1) is 14.0. The molecule has 0 saturated carbocycles. The number of nitrogens with one attached hydrogen (secondary N) is 1. The highest BCUT2D eigenvalue weighted by Crippen LogP contribution is 2.26. The van der Waals surface area contributed by atoms with Crippen LogP contribution in [0.2, 0.25) is 0 Å². The topological polar surface area (TPSA) is 85.4 Å². The molecule has 6 nitrogen and oxygen atoms in total. The Morgan fingerprint density at radius 2 is 1.63 bits per heavy atom. The third kappa shape index (κ3) is 5.17. The Balaban J connectivity index is 1.91. The molecule has 2 aromatic carbocycles. The molecule has 30 heavy (non-hydrogen) atoms. The second-order valence-electron chi connectivity index (χ2n) is 5.99. The van der Waals surface area contributed by atoms with Gasteiger partial charge in [0.15, 0.2) is 5.78 Å². The van der Waals surface area contributed by atoms with Crippen molar-refractivity contribution in [2.75, 3.05) is 4.72 Å². The van der Waals surface area contributed by atoms with Crippen LogP contribution in [-0.4, -0.2) is 33.4 Å². The number of hydrogen-bond acceptors (Lipinski definition) is 5. The average molecular weight is 432 g/mol. The van der Waals surface area contributed by atoms with Crippen molar-refractivity contribution >= 4 is 34.8 Å². The second-order valence-corrected chi connectivity index (χ2v) is 7.68. The van der Waals surface area contributed by atoms with Crippen LogP contribution in [0.15, 0.2) is 71.9 Å². The van der Waals surface area contributed by atoms with Gasteiger partial charge < -0.3 is 4.74 Å². The number of anilines is 1. The summed E-state index contributed by atoms with van der Waals surface area (Å²) in [7, 11) is 1.52. The summed E-state index contributed by atoms with van der Waals surface area (Å²) in [5, 5.41) is 0. The zero-order valence-electron chi connectivity index (χ0n) is 15.1. The van der Waals surface area contributed by atoms with E-state index in [1.165, 1.54) is 42.7 Å². The Kier molecular flexibility index (Phi) is 5.83. The minimum atomic E-state index is -4.90. The number of carbonyl (C=O) groups is 1. The van der Waals surface area contributed by atoms with E-state index in [2.05, 4.69) is 14.4 Å². The van der Waals surface area contributed by atoms with Gasteiger partial charge in [-0.2, -0.15) is 0 Å². The second kappa shape index (κ2) is 8.19. The third-order valence-electron chi connectivity index (χ3n) is 3.84. The molecule has 1 aromatic heterocycles. The summed E-state index contributed by atoms with van der Waals surface area (Å²) < 4.78 is 68.1. The molecule has 152 valence electrons. The molecule has 3 aromatic rings. The van der Waals surface area contributed by atoms with Crippen molar-refractivity contribution in [2.24, 2.45) is 0 Å². The maximum Gasteiger partial charge on any atom is 0.573 e. The van der Waals surface area contributed by atoms with Gasteiger partial charge in [-0.1, -0.05) is 17.6 Å². The summed E-state index contributed by atoms with van der Waals surface area (Å²) in [6, 6.07) is 10.6. The Morgan fingerprint density at radius 1 is 1.00 bits per heavy atom. The van der Waals surface area contributed by atoms with E-state index in [1.807, 2.05) is 0 Å². The number of pyridine rings is 1. The number of halogens is 3. The highest BCUT2D eigenvalue weighted by molar-refractivity contribution is 7.92. The summed E-state index contributed by atoms with van der Waals surface area (Å²) in [6.45, 7) is 0. The van der Waals surface area contributed by atoms with Crippen LogP contribution in [0.4, 0.5) is 18.9 Å². The molecule has 0 spiro atoms. The normalized spacial score (nSPS) is 11.7. The van der Waals surface area contributed by atoms with Crippen LogP contribution < -0.4 is 14.9 Å². The molecule has 0 saturated heterocycles. The molecule has 3 rings (SSSR count). The molecule has 0 atom stereocenters. The molecule has 0 unspecified atom stereocenters. The van der Waals surface area contributed by atoms with Crippen molar-refractivity contribution in [1.29, 1.82) is 0 Å². The van der Waals surface area contributed by atoms with Gasteiger partial charge in [0.1, 0.15) is 13.6 Å². The van der Waals surface area contributed by atoms with Gasteiger partial charge in [0.05, 0.1) is 10.6 Å². The van der Waals surface area contributed by atoms with Crippen LogP contribution in [0.5, 0.6) is 5.75 Å². The lowest BCUT2D eigenvalue weighted by Gasteiger charge is -2.14. The van der Waals surface area contributed by atoms with Gasteiger partial charge in [-0.3, -0.25) is 14.5 Å². The largest absolute Gasteiger partial charge is 0.573 e. The van der Waals surface area contributed by atoms with E-state index < -0.39 is 27.9 Å². The van der Waals surface area contributed by atoms with E-state index >= 15 is 0 Å².